The van der Waals surface area contributed by atoms with Gasteiger partial charge in [0.1, 0.15) is 10.7 Å². The van der Waals surface area contributed by atoms with Crippen molar-refractivity contribution in [2.75, 3.05) is 18.0 Å². The van der Waals surface area contributed by atoms with Gasteiger partial charge in [-0.15, -0.1) is 11.0 Å². The van der Waals surface area contributed by atoms with Gasteiger partial charge in [-0.1, -0.05) is 12.5 Å². The van der Waals surface area contributed by atoms with Crippen molar-refractivity contribution < 1.29 is 22.7 Å². The van der Waals surface area contributed by atoms with E-state index in [0.717, 1.165) is 19.3 Å². The minimum atomic E-state index is -3.89. The third kappa shape index (κ3) is 4.09. The van der Waals surface area contributed by atoms with Crippen molar-refractivity contribution in [1.82, 2.24) is 5.32 Å². The molecule has 0 bridgehead atoms. The highest BCUT2D eigenvalue weighted by molar-refractivity contribution is 7.90. The molecule has 1 fully saturated rings. The Morgan fingerprint density at radius 3 is 2.89 bits per heavy atom. The maximum atomic E-state index is 12.6. The molecule has 1 amide bonds. The number of amidine groups is 1. The molecule has 3 rings (SSSR count). The molecule has 0 saturated carbocycles. The number of anilines is 1. The summed E-state index contributed by atoms with van der Waals surface area (Å²) in [4.78, 5) is 26.1. The molecule has 8 nitrogen and oxygen atoms in total. The van der Waals surface area contributed by atoms with Gasteiger partial charge >= 0.3 is 5.97 Å². The van der Waals surface area contributed by atoms with Crippen molar-refractivity contribution in [2.45, 2.75) is 43.6 Å². The first kappa shape index (κ1) is 20.1. The van der Waals surface area contributed by atoms with E-state index in [9.17, 15) is 18.0 Å². The minimum Gasteiger partial charge on any atom is -0.449 e. The predicted octanol–water partition coefficient (Wildman–Crippen LogP) is 2.02. The zero-order valence-corrected chi connectivity index (χ0v) is 16.5. The van der Waals surface area contributed by atoms with E-state index in [2.05, 4.69) is 16.3 Å². The van der Waals surface area contributed by atoms with Gasteiger partial charge < -0.3 is 15.0 Å². The average molecular weight is 405 g/mol. The van der Waals surface area contributed by atoms with E-state index in [4.69, 9.17) is 4.74 Å². The molecule has 1 atom stereocenters. The van der Waals surface area contributed by atoms with Crippen LogP contribution in [0.2, 0.25) is 0 Å². The molecule has 0 radical (unpaired) electrons. The molecule has 2 heterocycles. The predicted molar refractivity (Wildman–Crippen MR) is 105 cm³/mol. The summed E-state index contributed by atoms with van der Waals surface area (Å²) in [5, 5.41) is 2.53. The van der Waals surface area contributed by atoms with Crippen LogP contribution in [0.1, 0.15) is 43.0 Å². The second-order valence-corrected chi connectivity index (χ2v) is 8.28. The number of nitrogens with one attached hydrogen (secondary N) is 1. The SMILES string of the molecule is C=CCNC(=O)[C@@H](C)OC(=O)c1ccc2c(c1)S(=O)(=O)N=C1CCCCCN12. The molecule has 0 unspecified atom stereocenters. The quantitative estimate of drug-likeness (QED) is 0.593. The smallest absolute Gasteiger partial charge is 0.338 e. The van der Waals surface area contributed by atoms with Crippen LogP contribution in [0.25, 0.3) is 0 Å². The molecule has 0 spiro atoms. The maximum absolute atomic E-state index is 12.6. The van der Waals surface area contributed by atoms with Gasteiger partial charge in [0.2, 0.25) is 0 Å². The van der Waals surface area contributed by atoms with Gasteiger partial charge in [-0.25, -0.2) is 4.79 Å². The summed E-state index contributed by atoms with van der Waals surface area (Å²) in [5.41, 5.74) is 0.583. The van der Waals surface area contributed by atoms with Crippen molar-refractivity contribution in [1.29, 1.82) is 0 Å². The lowest BCUT2D eigenvalue weighted by Crippen LogP contribution is -2.36. The van der Waals surface area contributed by atoms with Gasteiger partial charge in [-0.05, 0) is 38.0 Å². The van der Waals surface area contributed by atoms with Crippen molar-refractivity contribution in [2.24, 2.45) is 4.40 Å². The Morgan fingerprint density at radius 2 is 2.14 bits per heavy atom. The highest BCUT2D eigenvalue weighted by atomic mass is 32.2. The second kappa shape index (κ2) is 8.14. The minimum absolute atomic E-state index is 0.0173. The largest absolute Gasteiger partial charge is 0.449 e. The summed E-state index contributed by atoms with van der Waals surface area (Å²) in [6, 6.07) is 4.39. The molecule has 0 aliphatic carbocycles. The van der Waals surface area contributed by atoms with Gasteiger partial charge in [0, 0.05) is 19.5 Å². The molecule has 1 aromatic carbocycles. The van der Waals surface area contributed by atoms with Crippen LogP contribution in [-0.4, -0.2) is 45.3 Å². The van der Waals surface area contributed by atoms with Crippen LogP contribution in [-0.2, 0) is 19.6 Å². The zero-order chi connectivity index (χ0) is 20.3. The third-order valence-corrected chi connectivity index (χ3v) is 5.99. The summed E-state index contributed by atoms with van der Waals surface area (Å²) >= 11 is 0. The number of carbonyl (C=O) groups excluding carboxylic acids is 2. The van der Waals surface area contributed by atoms with Crippen molar-refractivity contribution in [3.8, 4) is 0 Å². The maximum Gasteiger partial charge on any atom is 0.338 e. The number of benzene rings is 1. The first-order valence-electron chi connectivity index (χ1n) is 9.18. The Bertz CT molecular complexity index is 939. The van der Waals surface area contributed by atoms with Crippen LogP contribution in [0, 0.1) is 0 Å². The van der Waals surface area contributed by atoms with E-state index < -0.39 is 28.0 Å². The van der Waals surface area contributed by atoms with Gasteiger partial charge in [0.25, 0.3) is 15.9 Å². The fourth-order valence-electron chi connectivity index (χ4n) is 3.21. The Balaban J connectivity index is 1.85. The molecular weight excluding hydrogens is 382 g/mol. The van der Waals surface area contributed by atoms with Crippen molar-refractivity contribution in [3.05, 3.63) is 36.4 Å². The van der Waals surface area contributed by atoms with Crippen LogP contribution in [0.5, 0.6) is 0 Å². The number of hydrogen-bond donors (Lipinski definition) is 1. The number of ether oxygens (including phenoxy) is 1. The summed E-state index contributed by atoms with van der Waals surface area (Å²) < 4.78 is 34.3. The lowest BCUT2D eigenvalue weighted by Gasteiger charge is -2.29. The summed E-state index contributed by atoms with van der Waals surface area (Å²) in [6.07, 6.45) is 3.96. The number of nitrogens with zero attached hydrogens (tertiary/aromatic N) is 2. The number of amides is 1. The van der Waals surface area contributed by atoms with Crippen molar-refractivity contribution in [3.63, 3.8) is 0 Å². The van der Waals surface area contributed by atoms with Crippen molar-refractivity contribution >= 4 is 33.4 Å². The first-order chi connectivity index (χ1) is 13.3. The lowest BCUT2D eigenvalue weighted by molar-refractivity contribution is -0.128. The van der Waals surface area contributed by atoms with Crippen LogP contribution in [0.4, 0.5) is 5.69 Å². The van der Waals surface area contributed by atoms with Gasteiger partial charge in [0.15, 0.2) is 6.10 Å². The molecule has 28 heavy (non-hydrogen) atoms. The molecule has 2 aliphatic heterocycles. The van der Waals surface area contributed by atoms with Crippen LogP contribution < -0.4 is 10.2 Å². The van der Waals surface area contributed by atoms with E-state index in [-0.39, 0.29) is 17.0 Å². The fourth-order valence-corrected chi connectivity index (χ4v) is 4.49. The Morgan fingerprint density at radius 1 is 1.36 bits per heavy atom. The fraction of sp³-hybridized carbons (Fsp3) is 0.421. The summed E-state index contributed by atoms with van der Waals surface area (Å²) in [6.45, 7) is 5.88. The van der Waals surface area contributed by atoms with E-state index in [0.29, 0.717) is 24.5 Å². The monoisotopic (exact) mass is 405 g/mol. The number of fused-ring (bicyclic) bond motifs is 3. The molecule has 1 saturated heterocycles. The second-order valence-electron chi connectivity index (χ2n) is 6.71. The van der Waals surface area contributed by atoms with E-state index >= 15 is 0 Å². The highest BCUT2D eigenvalue weighted by Crippen LogP contribution is 2.35. The third-order valence-electron chi connectivity index (χ3n) is 4.66. The molecule has 2 aliphatic rings. The van der Waals surface area contributed by atoms with Gasteiger partial charge in [-0.2, -0.15) is 8.42 Å². The highest BCUT2D eigenvalue weighted by Gasteiger charge is 2.32. The zero-order valence-electron chi connectivity index (χ0n) is 15.7. The number of hydrogen-bond acceptors (Lipinski definition) is 6. The average Bonchev–Trinajstić information content (AvgIpc) is 2.90. The standard InChI is InChI=1S/C19H23N3O5S/c1-3-10-20-18(23)13(2)27-19(24)14-8-9-15-16(12-14)28(25,26)21-17-7-5-4-6-11-22(15)17/h3,8-9,12-13H,1,4-7,10-11H2,2H3,(H,20,23)/t13-/m1/s1. The Labute approximate surface area is 164 Å². The van der Waals surface area contributed by atoms with Gasteiger partial charge in [-0.3, -0.25) is 4.79 Å². The Kier molecular flexibility index (Phi) is 5.83. The molecule has 0 aromatic heterocycles. The van der Waals surface area contributed by atoms with E-state index in [1.165, 1.54) is 25.1 Å². The van der Waals surface area contributed by atoms with Gasteiger partial charge in [0.05, 0.1) is 11.3 Å². The normalized spacial score (nSPS) is 18.6. The topological polar surface area (TPSA) is 105 Å². The summed E-state index contributed by atoms with van der Waals surface area (Å²) in [5.74, 6) is -0.685. The first-order valence-corrected chi connectivity index (χ1v) is 10.6. The molecule has 9 heteroatoms. The van der Waals surface area contributed by atoms with Crippen LogP contribution >= 0.6 is 0 Å². The molecule has 1 aromatic rings. The Hall–Kier alpha value is -2.68. The van der Waals surface area contributed by atoms with E-state index in [1.54, 1.807) is 6.07 Å². The molecular formula is C19H23N3O5S. The molecule has 150 valence electrons. The van der Waals surface area contributed by atoms with Crippen LogP contribution in [0.15, 0.2) is 40.1 Å². The van der Waals surface area contributed by atoms with Crippen LogP contribution in [0.3, 0.4) is 0 Å². The summed E-state index contributed by atoms with van der Waals surface area (Å²) in [7, 11) is -3.89. The number of esters is 1. The molecule has 1 N–H and O–H groups in total. The van der Waals surface area contributed by atoms with E-state index in [1.807, 2.05) is 4.90 Å². The number of sulfonamides is 1. The lowest BCUT2D eigenvalue weighted by atomic mass is 10.1. The number of carbonyl (C=O) groups is 2. The number of rotatable bonds is 5.